The Morgan fingerprint density at radius 2 is 2.00 bits per heavy atom. The first kappa shape index (κ1) is 21.0. The van der Waals surface area contributed by atoms with Gasteiger partial charge < -0.3 is 14.8 Å². The number of amides is 1. The molecule has 2 aromatic rings. The Labute approximate surface area is 171 Å². The van der Waals surface area contributed by atoms with Gasteiger partial charge in [0.15, 0.2) is 0 Å². The van der Waals surface area contributed by atoms with Gasteiger partial charge in [0.2, 0.25) is 0 Å². The number of hydrogen-bond donors (Lipinski definition) is 1. The Morgan fingerprint density at radius 3 is 2.76 bits per heavy atom. The van der Waals surface area contributed by atoms with E-state index in [1.165, 1.54) is 0 Å². The molecule has 7 nitrogen and oxygen atoms in total. The molecule has 2 heterocycles. The zero-order valence-electron chi connectivity index (χ0n) is 17.2. The maximum absolute atomic E-state index is 12.7. The van der Waals surface area contributed by atoms with Gasteiger partial charge in [-0.1, -0.05) is 17.7 Å². The van der Waals surface area contributed by atoms with Crippen molar-refractivity contribution in [2.24, 2.45) is 0 Å². The van der Waals surface area contributed by atoms with E-state index in [9.17, 15) is 9.59 Å². The predicted octanol–water partition coefficient (Wildman–Crippen LogP) is 2.69. The van der Waals surface area contributed by atoms with Gasteiger partial charge in [-0.25, -0.2) is 4.79 Å². The van der Waals surface area contributed by atoms with Gasteiger partial charge in [-0.15, -0.1) is 0 Å². The average Bonchev–Trinajstić information content (AvgIpc) is 3.05. The first-order chi connectivity index (χ1) is 14.1. The van der Waals surface area contributed by atoms with Crippen LogP contribution in [0.3, 0.4) is 0 Å². The normalized spacial score (nSPS) is 15.2. The third-order valence-corrected chi connectivity index (χ3v) is 4.97. The molecule has 0 aliphatic carbocycles. The van der Waals surface area contributed by atoms with Gasteiger partial charge in [-0.3, -0.25) is 9.48 Å². The van der Waals surface area contributed by atoms with E-state index >= 15 is 0 Å². The lowest BCUT2D eigenvalue weighted by Gasteiger charge is -2.08. The fraction of sp³-hybridized carbons (Fsp3) is 0.500. The number of rotatable bonds is 5. The molecule has 0 radical (unpaired) electrons. The van der Waals surface area contributed by atoms with Gasteiger partial charge in [-0.05, 0) is 45.2 Å². The highest BCUT2D eigenvalue weighted by Crippen LogP contribution is 2.19. The molecule has 1 N–H and O–H groups in total. The van der Waals surface area contributed by atoms with Crippen LogP contribution in [0.5, 0.6) is 0 Å². The van der Waals surface area contributed by atoms with Crippen LogP contribution in [0.1, 0.15) is 57.4 Å². The molecule has 0 fully saturated rings. The fourth-order valence-corrected chi connectivity index (χ4v) is 3.42. The second-order valence-corrected chi connectivity index (χ2v) is 7.17. The zero-order valence-corrected chi connectivity index (χ0v) is 17.2. The highest BCUT2D eigenvalue weighted by molar-refractivity contribution is 5.94. The minimum absolute atomic E-state index is 0.0980. The molecule has 0 bridgehead atoms. The molecule has 0 saturated heterocycles. The molecule has 1 amide bonds. The van der Waals surface area contributed by atoms with Gasteiger partial charge in [-0.2, -0.15) is 5.10 Å². The second kappa shape index (κ2) is 10.2. The number of ether oxygens (including phenoxy) is 2. The number of nitrogens with zero attached hydrogens (tertiary/aromatic N) is 2. The van der Waals surface area contributed by atoms with Crippen molar-refractivity contribution in [2.45, 2.75) is 46.1 Å². The molecule has 1 aliphatic heterocycles. The third-order valence-electron chi connectivity index (χ3n) is 4.97. The van der Waals surface area contributed by atoms with Crippen LogP contribution in [0.4, 0.5) is 0 Å². The van der Waals surface area contributed by atoms with Gasteiger partial charge in [0, 0.05) is 38.3 Å². The van der Waals surface area contributed by atoms with Crippen LogP contribution in [0.2, 0.25) is 0 Å². The maximum Gasteiger partial charge on any atom is 0.338 e. The van der Waals surface area contributed by atoms with Crippen molar-refractivity contribution in [1.82, 2.24) is 15.1 Å². The third kappa shape index (κ3) is 5.44. The molecule has 3 rings (SSSR count). The van der Waals surface area contributed by atoms with Crippen molar-refractivity contribution in [3.8, 4) is 0 Å². The highest BCUT2D eigenvalue weighted by atomic mass is 16.5. The predicted molar refractivity (Wildman–Crippen MR) is 109 cm³/mol. The van der Waals surface area contributed by atoms with Crippen LogP contribution in [0, 0.1) is 6.92 Å². The van der Waals surface area contributed by atoms with Crippen molar-refractivity contribution in [1.29, 1.82) is 0 Å². The first-order valence-electron chi connectivity index (χ1n) is 10.3. The highest BCUT2D eigenvalue weighted by Gasteiger charge is 2.23. The van der Waals surface area contributed by atoms with E-state index in [1.54, 1.807) is 16.8 Å². The quantitative estimate of drug-likeness (QED) is 0.782. The summed E-state index contributed by atoms with van der Waals surface area (Å²) in [5.41, 5.74) is 3.99. The van der Waals surface area contributed by atoms with Crippen LogP contribution in [-0.4, -0.2) is 48.0 Å². The molecular formula is C22H29N3O4. The fourth-order valence-electron chi connectivity index (χ4n) is 3.42. The largest absolute Gasteiger partial charge is 0.462 e. The smallest absolute Gasteiger partial charge is 0.338 e. The van der Waals surface area contributed by atoms with Crippen molar-refractivity contribution in [3.63, 3.8) is 0 Å². The van der Waals surface area contributed by atoms with Gasteiger partial charge >= 0.3 is 5.97 Å². The SMILES string of the molecule is CCn1nc(CCOC(=O)c2ccc(C)cc2)c2c1C(=O)NCCCOCCC2. The minimum atomic E-state index is -0.348. The molecular weight excluding hydrogens is 370 g/mol. The molecule has 29 heavy (non-hydrogen) atoms. The lowest BCUT2D eigenvalue weighted by Crippen LogP contribution is -2.28. The van der Waals surface area contributed by atoms with Crippen LogP contribution in [0.25, 0.3) is 0 Å². The molecule has 0 saturated carbocycles. The van der Waals surface area contributed by atoms with E-state index in [4.69, 9.17) is 9.47 Å². The summed E-state index contributed by atoms with van der Waals surface area (Å²) in [4.78, 5) is 25.0. The van der Waals surface area contributed by atoms with Gasteiger partial charge in [0.1, 0.15) is 5.69 Å². The number of fused-ring (bicyclic) bond motifs is 1. The number of esters is 1. The molecule has 0 unspecified atom stereocenters. The molecule has 156 valence electrons. The summed E-state index contributed by atoms with van der Waals surface area (Å²) in [5.74, 6) is -0.446. The Bertz CT molecular complexity index is 842. The Kier molecular flexibility index (Phi) is 7.41. The number of carbonyl (C=O) groups is 2. The van der Waals surface area contributed by atoms with E-state index < -0.39 is 0 Å². The first-order valence-corrected chi connectivity index (χ1v) is 10.3. The molecule has 1 aliphatic rings. The molecule has 7 heteroatoms. The number of aromatic nitrogens is 2. The second-order valence-electron chi connectivity index (χ2n) is 7.17. The number of benzene rings is 1. The van der Waals surface area contributed by atoms with E-state index in [0.29, 0.717) is 50.4 Å². The van der Waals surface area contributed by atoms with E-state index in [1.807, 2.05) is 26.0 Å². The lowest BCUT2D eigenvalue weighted by atomic mass is 10.0. The van der Waals surface area contributed by atoms with Crippen LogP contribution >= 0.6 is 0 Å². The van der Waals surface area contributed by atoms with Crippen molar-refractivity contribution in [3.05, 3.63) is 52.3 Å². The Morgan fingerprint density at radius 1 is 1.24 bits per heavy atom. The van der Waals surface area contributed by atoms with Crippen LogP contribution < -0.4 is 5.32 Å². The number of aryl methyl sites for hydroxylation is 2. The summed E-state index contributed by atoms with van der Waals surface area (Å²) in [6.07, 6.45) is 2.81. The van der Waals surface area contributed by atoms with Crippen molar-refractivity contribution >= 4 is 11.9 Å². The van der Waals surface area contributed by atoms with E-state index in [0.717, 1.165) is 29.7 Å². The topological polar surface area (TPSA) is 82.5 Å². The number of hydrogen-bond acceptors (Lipinski definition) is 5. The number of nitrogens with one attached hydrogen (secondary N) is 1. The maximum atomic E-state index is 12.7. The molecule has 0 spiro atoms. The summed E-state index contributed by atoms with van der Waals surface area (Å²) in [7, 11) is 0. The summed E-state index contributed by atoms with van der Waals surface area (Å²) in [6.45, 7) is 6.66. The summed E-state index contributed by atoms with van der Waals surface area (Å²) < 4.78 is 12.8. The molecule has 1 aromatic heterocycles. The van der Waals surface area contributed by atoms with Gasteiger partial charge in [0.05, 0.1) is 17.9 Å². The molecule has 0 atom stereocenters. The lowest BCUT2D eigenvalue weighted by molar-refractivity contribution is 0.0508. The standard InChI is InChI=1S/C22H29N3O4/c1-3-25-20-18(6-4-13-28-14-5-12-23-21(20)26)19(24-25)11-15-29-22(27)17-9-7-16(2)8-10-17/h7-10H,3-6,11-15H2,1-2H3,(H,23,26). The Hall–Kier alpha value is -2.67. The Balaban J connectivity index is 1.72. The monoisotopic (exact) mass is 399 g/mol. The van der Waals surface area contributed by atoms with Crippen molar-refractivity contribution < 1.29 is 19.1 Å². The summed E-state index contributed by atoms with van der Waals surface area (Å²) >= 11 is 0. The van der Waals surface area contributed by atoms with E-state index in [-0.39, 0.29) is 18.5 Å². The van der Waals surface area contributed by atoms with Crippen LogP contribution in [0.15, 0.2) is 24.3 Å². The summed E-state index contributed by atoms with van der Waals surface area (Å²) in [5, 5.41) is 7.59. The summed E-state index contributed by atoms with van der Waals surface area (Å²) in [6, 6.07) is 7.30. The van der Waals surface area contributed by atoms with Crippen LogP contribution in [-0.2, 0) is 28.9 Å². The van der Waals surface area contributed by atoms with Gasteiger partial charge in [0.25, 0.3) is 5.91 Å². The minimum Gasteiger partial charge on any atom is -0.462 e. The number of carbonyl (C=O) groups excluding carboxylic acids is 2. The molecule has 1 aromatic carbocycles. The average molecular weight is 399 g/mol. The zero-order chi connectivity index (χ0) is 20.6. The van der Waals surface area contributed by atoms with Crippen molar-refractivity contribution in [2.75, 3.05) is 26.4 Å². The van der Waals surface area contributed by atoms with E-state index in [2.05, 4.69) is 10.4 Å².